The molecule has 1 fully saturated rings. The number of ether oxygens (including phenoxy) is 1. The first-order chi connectivity index (χ1) is 8.61. The Labute approximate surface area is 108 Å². The third-order valence-corrected chi connectivity index (χ3v) is 3.59. The smallest absolute Gasteiger partial charge is 0.123 e. The van der Waals surface area contributed by atoms with Gasteiger partial charge in [-0.2, -0.15) is 0 Å². The van der Waals surface area contributed by atoms with Gasteiger partial charge in [-0.15, -0.1) is 0 Å². The summed E-state index contributed by atoms with van der Waals surface area (Å²) in [5.41, 5.74) is 0.284. The van der Waals surface area contributed by atoms with Crippen molar-refractivity contribution in [2.45, 2.75) is 50.7 Å². The molecule has 1 aromatic carbocycles. The Balaban J connectivity index is 1.99. The molecule has 2 nitrogen and oxygen atoms in total. The Hall–Kier alpha value is -0.930. The molecular weight excluding hydrogens is 231 g/mol. The third-order valence-electron chi connectivity index (χ3n) is 3.59. The van der Waals surface area contributed by atoms with Crippen molar-refractivity contribution in [3.05, 3.63) is 35.6 Å². The number of hydrogen-bond acceptors (Lipinski definition) is 2. The van der Waals surface area contributed by atoms with Gasteiger partial charge in [0.1, 0.15) is 5.82 Å². The van der Waals surface area contributed by atoms with Crippen LogP contribution in [-0.2, 0) is 11.2 Å². The summed E-state index contributed by atoms with van der Waals surface area (Å²) in [6.45, 7) is 2.74. The maximum absolute atomic E-state index is 12.8. The first-order valence-electron chi connectivity index (χ1n) is 6.70. The number of benzene rings is 1. The lowest BCUT2D eigenvalue weighted by atomic mass is 9.83. The molecule has 0 aliphatic carbocycles. The summed E-state index contributed by atoms with van der Waals surface area (Å²) in [6.07, 6.45) is 4.14. The predicted octanol–water partition coefficient (Wildman–Crippen LogP) is 3.08. The van der Waals surface area contributed by atoms with Gasteiger partial charge in [0.15, 0.2) is 0 Å². The molecule has 0 spiro atoms. The molecule has 100 valence electrons. The van der Waals surface area contributed by atoms with Crippen molar-refractivity contribution in [2.75, 3.05) is 6.61 Å². The molecule has 3 heteroatoms. The fourth-order valence-corrected chi connectivity index (χ4v) is 2.65. The molecule has 0 amide bonds. The Morgan fingerprint density at radius 3 is 2.78 bits per heavy atom. The highest BCUT2D eigenvalue weighted by Gasteiger charge is 2.34. The zero-order valence-electron chi connectivity index (χ0n) is 10.9. The maximum Gasteiger partial charge on any atom is 0.123 e. The van der Waals surface area contributed by atoms with Gasteiger partial charge in [-0.1, -0.05) is 25.5 Å². The van der Waals surface area contributed by atoms with Crippen molar-refractivity contribution in [1.29, 1.82) is 0 Å². The SMILES string of the molecule is CCCC1CC(O)(Cc2ccc(F)cc2)CCO1. The molecule has 0 radical (unpaired) electrons. The van der Waals surface area contributed by atoms with E-state index in [0.29, 0.717) is 25.9 Å². The summed E-state index contributed by atoms with van der Waals surface area (Å²) in [4.78, 5) is 0. The van der Waals surface area contributed by atoms with Crippen molar-refractivity contribution in [1.82, 2.24) is 0 Å². The number of hydrogen-bond donors (Lipinski definition) is 1. The van der Waals surface area contributed by atoms with Crippen LogP contribution in [0.25, 0.3) is 0 Å². The molecule has 1 aromatic rings. The van der Waals surface area contributed by atoms with E-state index in [0.717, 1.165) is 18.4 Å². The second-order valence-electron chi connectivity index (χ2n) is 5.26. The minimum absolute atomic E-state index is 0.161. The summed E-state index contributed by atoms with van der Waals surface area (Å²) in [7, 11) is 0. The molecule has 18 heavy (non-hydrogen) atoms. The van der Waals surface area contributed by atoms with Crippen LogP contribution in [0.1, 0.15) is 38.2 Å². The lowest BCUT2D eigenvalue weighted by Gasteiger charge is -2.37. The number of aliphatic hydroxyl groups is 1. The fourth-order valence-electron chi connectivity index (χ4n) is 2.65. The van der Waals surface area contributed by atoms with E-state index in [1.165, 1.54) is 12.1 Å². The van der Waals surface area contributed by atoms with Crippen LogP contribution in [-0.4, -0.2) is 23.4 Å². The van der Waals surface area contributed by atoms with Crippen LogP contribution in [0.15, 0.2) is 24.3 Å². The van der Waals surface area contributed by atoms with Gasteiger partial charge in [0.2, 0.25) is 0 Å². The minimum atomic E-state index is -0.698. The summed E-state index contributed by atoms with van der Waals surface area (Å²) in [5.74, 6) is -0.235. The molecule has 1 aliphatic heterocycles. The van der Waals surface area contributed by atoms with E-state index in [-0.39, 0.29) is 11.9 Å². The first-order valence-corrected chi connectivity index (χ1v) is 6.70. The van der Waals surface area contributed by atoms with Crippen LogP contribution in [0.2, 0.25) is 0 Å². The molecule has 1 heterocycles. The van der Waals surface area contributed by atoms with Gasteiger partial charge in [-0.05, 0) is 30.5 Å². The Bertz CT molecular complexity index is 375. The van der Waals surface area contributed by atoms with Gasteiger partial charge in [-0.3, -0.25) is 0 Å². The van der Waals surface area contributed by atoms with Crippen LogP contribution < -0.4 is 0 Å². The number of rotatable bonds is 4. The highest BCUT2D eigenvalue weighted by atomic mass is 19.1. The van der Waals surface area contributed by atoms with Gasteiger partial charge < -0.3 is 9.84 Å². The second kappa shape index (κ2) is 5.81. The lowest BCUT2D eigenvalue weighted by molar-refractivity contribution is -0.104. The van der Waals surface area contributed by atoms with Gasteiger partial charge in [0.05, 0.1) is 11.7 Å². The summed E-state index contributed by atoms with van der Waals surface area (Å²) >= 11 is 0. The topological polar surface area (TPSA) is 29.5 Å². The molecule has 0 aromatic heterocycles. The monoisotopic (exact) mass is 252 g/mol. The molecule has 2 unspecified atom stereocenters. The van der Waals surface area contributed by atoms with Gasteiger partial charge >= 0.3 is 0 Å². The summed E-state index contributed by atoms with van der Waals surface area (Å²) in [5, 5.41) is 10.6. The molecule has 2 atom stereocenters. The average Bonchev–Trinajstić information content (AvgIpc) is 2.32. The van der Waals surface area contributed by atoms with Gasteiger partial charge in [0.25, 0.3) is 0 Å². The zero-order chi connectivity index (χ0) is 13.0. The van der Waals surface area contributed by atoms with Crippen molar-refractivity contribution in [2.24, 2.45) is 0 Å². The van der Waals surface area contributed by atoms with E-state index in [9.17, 15) is 9.50 Å². The Morgan fingerprint density at radius 2 is 2.11 bits per heavy atom. The largest absolute Gasteiger partial charge is 0.389 e. The highest BCUT2D eigenvalue weighted by molar-refractivity contribution is 5.18. The van der Waals surface area contributed by atoms with Crippen molar-refractivity contribution in [3.63, 3.8) is 0 Å². The van der Waals surface area contributed by atoms with Gasteiger partial charge in [0, 0.05) is 19.4 Å². The van der Waals surface area contributed by atoms with E-state index in [4.69, 9.17) is 4.74 Å². The van der Waals surface area contributed by atoms with E-state index < -0.39 is 5.60 Å². The van der Waals surface area contributed by atoms with Crippen molar-refractivity contribution >= 4 is 0 Å². The summed E-state index contributed by atoms with van der Waals surface area (Å²) < 4.78 is 18.5. The minimum Gasteiger partial charge on any atom is -0.389 e. The van der Waals surface area contributed by atoms with E-state index in [1.807, 2.05) is 0 Å². The molecule has 1 aliphatic rings. The van der Waals surface area contributed by atoms with Crippen LogP contribution in [0.4, 0.5) is 4.39 Å². The van der Waals surface area contributed by atoms with Crippen LogP contribution in [0.3, 0.4) is 0 Å². The first kappa shape index (κ1) is 13.5. The molecule has 2 rings (SSSR count). The van der Waals surface area contributed by atoms with Crippen LogP contribution >= 0.6 is 0 Å². The van der Waals surface area contributed by atoms with E-state index in [1.54, 1.807) is 12.1 Å². The average molecular weight is 252 g/mol. The molecular formula is C15H21FO2. The standard InChI is InChI=1S/C15H21FO2/c1-2-3-14-11-15(17,8-9-18-14)10-12-4-6-13(16)7-5-12/h4-7,14,17H,2-3,8-11H2,1H3. The summed E-state index contributed by atoms with van der Waals surface area (Å²) in [6, 6.07) is 6.39. The van der Waals surface area contributed by atoms with E-state index >= 15 is 0 Å². The zero-order valence-corrected chi connectivity index (χ0v) is 10.9. The lowest BCUT2D eigenvalue weighted by Crippen LogP contribution is -2.42. The Morgan fingerprint density at radius 1 is 1.39 bits per heavy atom. The maximum atomic E-state index is 12.8. The molecule has 1 saturated heterocycles. The van der Waals surface area contributed by atoms with Crippen molar-refractivity contribution in [3.8, 4) is 0 Å². The van der Waals surface area contributed by atoms with Crippen LogP contribution in [0, 0.1) is 5.82 Å². The molecule has 1 N–H and O–H groups in total. The highest BCUT2D eigenvalue weighted by Crippen LogP contribution is 2.30. The van der Waals surface area contributed by atoms with E-state index in [2.05, 4.69) is 6.92 Å². The normalized spacial score (nSPS) is 28.3. The molecule has 0 bridgehead atoms. The predicted molar refractivity (Wildman–Crippen MR) is 68.9 cm³/mol. The Kier molecular flexibility index (Phi) is 4.36. The fraction of sp³-hybridized carbons (Fsp3) is 0.600. The van der Waals surface area contributed by atoms with Crippen molar-refractivity contribution < 1.29 is 14.2 Å². The quantitative estimate of drug-likeness (QED) is 0.892. The van der Waals surface area contributed by atoms with Gasteiger partial charge in [-0.25, -0.2) is 4.39 Å². The third kappa shape index (κ3) is 3.53. The molecule has 0 saturated carbocycles. The number of halogens is 1. The van der Waals surface area contributed by atoms with Crippen LogP contribution in [0.5, 0.6) is 0 Å². The second-order valence-corrected chi connectivity index (χ2v) is 5.26.